The number of hydrogen-bond acceptors (Lipinski definition) is 6. The van der Waals surface area contributed by atoms with E-state index in [1.165, 1.54) is 5.57 Å². The van der Waals surface area contributed by atoms with Crippen LogP contribution in [-0.2, 0) is 23.9 Å². The fraction of sp³-hybridized carbons (Fsp3) is 0.846. The molecule has 0 aliphatic heterocycles. The third-order valence-electron chi connectivity index (χ3n) is 14.5. The lowest BCUT2D eigenvalue weighted by atomic mass is 9.33. The summed E-state index contributed by atoms with van der Waals surface area (Å²) >= 11 is 0. The van der Waals surface area contributed by atoms with Gasteiger partial charge in [-0.15, -0.1) is 0 Å². The van der Waals surface area contributed by atoms with Crippen molar-refractivity contribution in [1.29, 1.82) is 0 Å². The van der Waals surface area contributed by atoms with Crippen LogP contribution in [0.5, 0.6) is 0 Å². The van der Waals surface area contributed by atoms with Crippen LogP contribution in [0.4, 0.5) is 4.79 Å². The van der Waals surface area contributed by atoms with Crippen molar-refractivity contribution in [2.45, 2.75) is 158 Å². The summed E-state index contributed by atoms with van der Waals surface area (Å²) in [5, 5.41) is 12.8. The molecule has 1 amide bonds. The number of carboxylic acid groups (broad SMARTS) is 1. The first-order valence-corrected chi connectivity index (χ1v) is 18.2. The van der Waals surface area contributed by atoms with Crippen LogP contribution in [-0.4, -0.2) is 46.7 Å². The first-order chi connectivity index (χ1) is 21.6. The van der Waals surface area contributed by atoms with E-state index in [4.69, 9.17) is 9.47 Å². The molecule has 0 bridgehead atoms. The fourth-order valence-electron chi connectivity index (χ4n) is 12.0. The lowest BCUT2D eigenvalue weighted by Gasteiger charge is -2.72. The lowest BCUT2D eigenvalue weighted by molar-refractivity contribution is -0.232. The summed E-state index contributed by atoms with van der Waals surface area (Å²) in [7, 11) is 0. The number of allylic oxidation sites excluding steroid dienone is 1. The Kier molecular flexibility index (Phi) is 8.87. The summed E-state index contributed by atoms with van der Waals surface area (Å²) in [5.41, 5.74) is 0.106. The molecule has 8 nitrogen and oxygen atoms in total. The predicted octanol–water partition coefficient (Wildman–Crippen LogP) is 8.27. The van der Waals surface area contributed by atoms with E-state index >= 15 is 0 Å². The average molecular weight is 656 g/mol. The Balaban J connectivity index is 1.45. The Morgan fingerprint density at radius 1 is 0.894 bits per heavy atom. The van der Waals surface area contributed by atoms with Crippen molar-refractivity contribution in [3.8, 4) is 0 Å². The molecule has 5 aliphatic carbocycles. The van der Waals surface area contributed by atoms with Gasteiger partial charge in [-0.25, -0.2) is 4.79 Å². The number of ether oxygens (including phenoxy) is 2. The van der Waals surface area contributed by atoms with Crippen LogP contribution < -0.4 is 5.32 Å². The normalized spacial score (nSPS) is 39.5. The second-order valence-electron chi connectivity index (χ2n) is 18.6. The van der Waals surface area contributed by atoms with Crippen molar-refractivity contribution in [3.05, 3.63) is 11.1 Å². The second-order valence-corrected chi connectivity index (χ2v) is 18.6. The molecule has 8 atom stereocenters. The van der Waals surface area contributed by atoms with Crippen LogP contribution in [0.1, 0.15) is 140 Å². The number of aliphatic carboxylic acids is 1. The molecular weight excluding hydrogens is 594 g/mol. The third-order valence-corrected chi connectivity index (χ3v) is 14.5. The van der Waals surface area contributed by atoms with Crippen LogP contribution in [0.2, 0.25) is 0 Å². The summed E-state index contributed by atoms with van der Waals surface area (Å²) < 4.78 is 11.7. The molecule has 264 valence electrons. The van der Waals surface area contributed by atoms with Crippen LogP contribution >= 0.6 is 0 Å². The molecule has 8 heteroatoms. The summed E-state index contributed by atoms with van der Waals surface area (Å²) in [6, 6.07) is 0. The van der Waals surface area contributed by atoms with Crippen molar-refractivity contribution < 1.29 is 33.8 Å². The zero-order valence-electron chi connectivity index (χ0n) is 30.9. The first kappa shape index (κ1) is 35.9. The van der Waals surface area contributed by atoms with Gasteiger partial charge in [0, 0.05) is 11.8 Å². The van der Waals surface area contributed by atoms with Crippen molar-refractivity contribution in [2.24, 2.45) is 50.7 Å². The van der Waals surface area contributed by atoms with Gasteiger partial charge in [0.25, 0.3) is 0 Å². The molecule has 5 rings (SSSR count). The van der Waals surface area contributed by atoms with E-state index in [0.29, 0.717) is 18.3 Å². The number of carbonyl (C=O) groups is 4. The van der Waals surface area contributed by atoms with Gasteiger partial charge in [0.05, 0.1) is 23.5 Å². The molecule has 0 aromatic carbocycles. The van der Waals surface area contributed by atoms with Gasteiger partial charge in [-0.2, -0.15) is 0 Å². The minimum atomic E-state index is -1.16. The quantitative estimate of drug-likeness (QED) is 0.265. The fourth-order valence-corrected chi connectivity index (χ4v) is 12.0. The molecule has 47 heavy (non-hydrogen) atoms. The highest BCUT2D eigenvalue weighted by molar-refractivity contribution is 6.02. The number of nitrogens with one attached hydrogen (secondary N) is 1. The maximum Gasteiger partial charge on any atom is 0.408 e. The van der Waals surface area contributed by atoms with Crippen LogP contribution in [0.15, 0.2) is 11.1 Å². The highest BCUT2D eigenvalue weighted by atomic mass is 16.6. The van der Waals surface area contributed by atoms with E-state index in [9.17, 15) is 24.3 Å². The van der Waals surface area contributed by atoms with E-state index in [1.54, 1.807) is 13.8 Å². The van der Waals surface area contributed by atoms with Crippen LogP contribution in [0.25, 0.3) is 0 Å². The highest BCUT2D eigenvalue weighted by Crippen LogP contribution is 2.75. The SMILES string of the molecule is CC(C)OC(=O)NC12CC[C@]3(C)C(CCC4C5(C)CCC(OC(=O)CC(C)(C)C(=O)O)C(C)(C)C5CCC43C)C1=C(C(C)C)C(=O)C2. The average Bonchev–Trinajstić information content (AvgIpc) is 3.21. The van der Waals surface area contributed by atoms with E-state index in [-0.39, 0.29) is 57.9 Å². The molecule has 0 radical (unpaired) electrons. The predicted molar refractivity (Wildman–Crippen MR) is 180 cm³/mol. The summed E-state index contributed by atoms with van der Waals surface area (Å²) in [6.45, 7) is 23.1. The Hall–Kier alpha value is -2.38. The van der Waals surface area contributed by atoms with Crippen LogP contribution in [0, 0.1) is 50.7 Å². The maximum atomic E-state index is 13.7. The van der Waals surface area contributed by atoms with Gasteiger partial charge in [-0.3, -0.25) is 14.4 Å². The van der Waals surface area contributed by atoms with E-state index < -0.39 is 29.0 Å². The molecule has 0 heterocycles. The van der Waals surface area contributed by atoms with Gasteiger partial charge in [0.1, 0.15) is 6.10 Å². The Bertz CT molecular complexity index is 1360. The van der Waals surface area contributed by atoms with Gasteiger partial charge in [-0.1, -0.05) is 48.5 Å². The van der Waals surface area contributed by atoms with Gasteiger partial charge >= 0.3 is 18.0 Å². The molecule has 4 fully saturated rings. The molecule has 7 unspecified atom stereocenters. The standard InChI is InChI=1S/C39H61NO7/c1-22(2)30-25(41)20-39(40-33(45)46-23(3)4)19-18-37(10)24(31(30)39)12-13-27-36(9)16-15-28(47-29(42)21-34(5,6)32(43)44)35(7,8)26(36)14-17-38(27,37)11/h22-24,26-28H,12-21H2,1-11H3,(H,40,45)(H,43,44)/t24?,26?,27?,28?,36?,37-,38?,39?/m1/s1. The Morgan fingerprint density at radius 2 is 1.55 bits per heavy atom. The monoisotopic (exact) mass is 655 g/mol. The van der Waals surface area contributed by atoms with Gasteiger partial charge in [0.15, 0.2) is 5.78 Å². The zero-order chi connectivity index (χ0) is 35.1. The number of Topliss-reactive ketones (excluding diaryl/α,β-unsaturated/α-hetero) is 1. The van der Waals surface area contributed by atoms with E-state index in [2.05, 4.69) is 53.8 Å². The minimum Gasteiger partial charge on any atom is -0.481 e. The summed E-state index contributed by atoms with van der Waals surface area (Å²) in [5.74, 6) is -0.112. The zero-order valence-corrected chi connectivity index (χ0v) is 30.9. The molecular formula is C39H61NO7. The molecule has 2 N–H and O–H groups in total. The number of alkyl carbamates (subject to hydrolysis) is 1. The number of ketones is 1. The minimum absolute atomic E-state index is 0.0347. The van der Waals surface area contributed by atoms with Gasteiger partial charge in [0.2, 0.25) is 0 Å². The van der Waals surface area contributed by atoms with Crippen molar-refractivity contribution in [2.75, 3.05) is 0 Å². The van der Waals surface area contributed by atoms with Crippen molar-refractivity contribution in [3.63, 3.8) is 0 Å². The third kappa shape index (κ3) is 5.46. The maximum absolute atomic E-state index is 13.7. The smallest absolute Gasteiger partial charge is 0.408 e. The Morgan fingerprint density at radius 3 is 2.15 bits per heavy atom. The molecule has 0 spiro atoms. The lowest BCUT2D eigenvalue weighted by Crippen LogP contribution is -2.67. The molecule has 0 aromatic heterocycles. The number of carbonyl (C=O) groups excluding carboxylic acids is 3. The number of amides is 1. The number of esters is 1. The van der Waals surface area contributed by atoms with Crippen LogP contribution in [0.3, 0.4) is 0 Å². The summed E-state index contributed by atoms with van der Waals surface area (Å²) in [4.78, 5) is 51.5. The van der Waals surface area contributed by atoms with E-state index in [1.807, 2.05) is 13.8 Å². The van der Waals surface area contributed by atoms with Gasteiger partial charge < -0.3 is 19.9 Å². The van der Waals surface area contributed by atoms with Crippen molar-refractivity contribution in [1.82, 2.24) is 5.32 Å². The molecule has 4 saturated carbocycles. The Labute approximate surface area is 282 Å². The number of carboxylic acids is 1. The van der Waals surface area contributed by atoms with Crippen molar-refractivity contribution >= 4 is 23.8 Å². The molecule has 0 aromatic rings. The summed E-state index contributed by atoms with van der Waals surface area (Å²) in [6.07, 6.45) is 6.84. The second kappa shape index (κ2) is 11.6. The largest absolute Gasteiger partial charge is 0.481 e. The number of fused-ring (bicyclic) bond motifs is 7. The molecule has 0 saturated heterocycles. The number of rotatable bonds is 7. The number of hydrogen-bond donors (Lipinski definition) is 2. The first-order valence-electron chi connectivity index (χ1n) is 18.2. The molecule has 5 aliphatic rings. The van der Waals surface area contributed by atoms with E-state index in [0.717, 1.165) is 56.9 Å². The highest BCUT2D eigenvalue weighted by Gasteiger charge is 2.70. The van der Waals surface area contributed by atoms with Gasteiger partial charge in [-0.05, 0) is 130 Å². The topological polar surface area (TPSA) is 119 Å².